The Labute approximate surface area is 306 Å². The van der Waals surface area contributed by atoms with Crippen LogP contribution in [0.25, 0.3) is 114 Å². The van der Waals surface area contributed by atoms with Gasteiger partial charge in [0.25, 0.3) is 0 Å². The van der Waals surface area contributed by atoms with Crippen LogP contribution in [0.2, 0.25) is 0 Å². The third-order valence-corrected chi connectivity index (χ3v) is 12.0. The third kappa shape index (κ3) is 4.05. The highest BCUT2D eigenvalue weighted by atomic mass is 32.1. The van der Waals surface area contributed by atoms with Crippen molar-refractivity contribution in [3.8, 4) is 28.2 Å². The SMILES string of the molecule is c1ccc(-c2nc3oc4ccccc4c3nc2-c2cccc(-n3c4ccccc4c4c5c6ccc7ccccc7c6sc5c5ccccc5c43)c2)cc1. The van der Waals surface area contributed by atoms with Crippen LogP contribution < -0.4 is 0 Å². The Morgan fingerprint density at radius 2 is 1.17 bits per heavy atom. The van der Waals surface area contributed by atoms with E-state index in [-0.39, 0.29) is 0 Å². The molecule has 0 unspecified atom stereocenters. The highest BCUT2D eigenvalue weighted by Gasteiger charge is 2.23. The minimum absolute atomic E-state index is 0.540. The van der Waals surface area contributed by atoms with E-state index in [1.165, 1.54) is 63.5 Å². The molecule has 53 heavy (non-hydrogen) atoms. The predicted octanol–water partition coefficient (Wildman–Crippen LogP) is 13.5. The Morgan fingerprint density at radius 3 is 2.06 bits per heavy atom. The van der Waals surface area contributed by atoms with E-state index in [2.05, 4.69) is 132 Å². The van der Waals surface area contributed by atoms with Crippen molar-refractivity contribution in [1.82, 2.24) is 14.5 Å². The highest BCUT2D eigenvalue weighted by Crippen LogP contribution is 2.49. The number of fused-ring (bicyclic) bond motifs is 15. The quantitative estimate of drug-likeness (QED) is 0.185. The van der Waals surface area contributed by atoms with Gasteiger partial charge < -0.3 is 8.98 Å². The fraction of sp³-hybridized carbons (Fsp3) is 0. The summed E-state index contributed by atoms with van der Waals surface area (Å²) in [5.74, 6) is 0. The van der Waals surface area contributed by atoms with Crippen LogP contribution in [0.5, 0.6) is 0 Å². The molecule has 0 radical (unpaired) electrons. The third-order valence-electron chi connectivity index (χ3n) is 10.8. The molecule has 12 aromatic rings. The minimum atomic E-state index is 0.540. The molecule has 246 valence electrons. The van der Waals surface area contributed by atoms with Gasteiger partial charge in [0.2, 0.25) is 5.71 Å². The van der Waals surface area contributed by atoms with Crippen LogP contribution in [0.4, 0.5) is 0 Å². The van der Waals surface area contributed by atoms with Crippen LogP contribution in [0.1, 0.15) is 0 Å². The molecule has 0 aliphatic carbocycles. The molecule has 0 atom stereocenters. The summed E-state index contributed by atoms with van der Waals surface area (Å²) in [5.41, 5.74) is 9.14. The smallest absolute Gasteiger partial charge is 0.246 e. The van der Waals surface area contributed by atoms with E-state index in [0.29, 0.717) is 5.71 Å². The van der Waals surface area contributed by atoms with Gasteiger partial charge in [0.1, 0.15) is 16.8 Å². The van der Waals surface area contributed by atoms with E-state index < -0.39 is 0 Å². The van der Waals surface area contributed by atoms with Crippen LogP contribution >= 0.6 is 11.3 Å². The number of aromatic nitrogens is 3. The molecule has 0 aliphatic rings. The van der Waals surface area contributed by atoms with Gasteiger partial charge in [-0.2, -0.15) is 0 Å². The van der Waals surface area contributed by atoms with Gasteiger partial charge in [0, 0.05) is 63.9 Å². The molecule has 0 fully saturated rings. The first-order valence-electron chi connectivity index (χ1n) is 17.8. The summed E-state index contributed by atoms with van der Waals surface area (Å²) in [6.07, 6.45) is 0. The van der Waals surface area contributed by atoms with Crippen LogP contribution in [-0.2, 0) is 0 Å². The molecule has 0 N–H and O–H groups in total. The van der Waals surface area contributed by atoms with Crippen molar-refractivity contribution in [2.24, 2.45) is 0 Å². The summed E-state index contributed by atoms with van der Waals surface area (Å²) in [7, 11) is 0. The number of furan rings is 1. The lowest BCUT2D eigenvalue weighted by molar-refractivity contribution is 0.653. The molecule has 0 amide bonds. The molecule has 0 aliphatic heterocycles. The summed E-state index contributed by atoms with van der Waals surface area (Å²) in [6, 6.07) is 58.2. The Balaban J connectivity index is 1.20. The molecule has 0 spiro atoms. The maximum Gasteiger partial charge on any atom is 0.246 e. The van der Waals surface area contributed by atoms with E-state index >= 15 is 0 Å². The second kappa shape index (κ2) is 10.8. The number of hydrogen-bond donors (Lipinski definition) is 0. The predicted molar refractivity (Wildman–Crippen MR) is 222 cm³/mol. The van der Waals surface area contributed by atoms with Crippen molar-refractivity contribution in [1.29, 1.82) is 0 Å². The lowest BCUT2D eigenvalue weighted by Crippen LogP contribution is -1.98. The van der Waals surface area contributed by atoms with E-state index in [1.54, 1.807) is 0 Å². The first-order valence-corrected chi connectivity index (χ1v) is 18.7. The molecule has 8 aromatic carbocycles. The molecular formula is C48H27N3OS. The summed E-state index contributed by atoms with van der Waals surface area (Å²) in [5, 5.41) is 11.2. The molecule has 0 bridgehead atoms. The first-order chi connectivity index (χ1) is 26.3. The van der Waals surface area contributed by atoms with Crippen LogP contribution in [0.3, 0.4) is 0 Å². The van der Waals surface area contributed by atoms with Gasteiger partial charge in [0.05, 0.1) is 16.7 Å². The van der Waals surface area contributed by atoms with Gasteiger partial charge in [0.15, 0.2) is 0 Å². The van der Waals surface area contributed by atoms with Gasteiger partial charge in [-0.3, -0.25) is 0 Å². The van der Waals surface area contributed by atoms with Crippen molar-refractivity contribution in [2.45, 2.75) is 0 Å². The summed E-state index contributed by atoms with van der Waals surface area (Å²) >= 11 is 1.92. The average Bonchev–Trinajstić information content (AvgIpc) is 3.91. The molecule has 5 heteroatoms. The van der Waals surface area contributed by atoms with Crippen molar-refractivity contribution < 1.29 is 4.42 Å². The normalized spacial score (nSPS) is 12.2. The molecule has 12 rings (SSSR count). The number of benzene rings is 8. The van der Waals surface area contributed by atoms with Gasteiger partial charge >= 0.3 is 0 Å². The van der Waals surface area contributed by atoms with Crippen LogP contribution in [0, 0.1) is 0 Å². The zero-order chi connectivity index (χ0) is 34.6. The van der Waals surface area contributed by atoms with Gasteiger partial charge in [-0.1, -0.05) is 133 Å². The van der Waals surface area contributed by atoms with Gasteiger partial charge in [-0.15, -0.1) is 11.3 Å². The second-order valence-electron chi connectivity index (χ2n) is 13.7. The topological polar surface area (TPSA) is 43.9 Å². The van der Waals surface area contributed by atoms with Crippen molar-refractivity contribution in [3.63, 3.8) is 0 Å². The van der Waals surface area contributed by atoms with E-state index in [0.717, 1.165) is 44.7 Å². The number of nitrogens with zero attached hydrogens (tertiary/aromatic N) is 3. The number of thiophene rings is 1. The van der Waals surface area contributed by atoms with Gasteiger partial charge in [-0.25, -0.2) is 9.97 Å². The average molecular weight is 694 g/mol. The number of para-hydroxylation sites is 2. The molecule has 4 heterocycles. The zero-order valence-corrected chi connectivity index (χ0v) is 29.1. The zero-order valence-electron chi connectivity index (χ0n) is 28.2. The fourth-order valence-corrected chi connectivity index (χ4v) is 9.86. The van der Waals surface area contributed by atoms with E-state index in [9.17, 15) is 0 Å². The van der Waals surface area contributed by atoms with Crippen molar-refractivity contribution >= 4 is 97.1 Å². The highest BCUT2D eigenvalue weighted by molar-refractivity contribution is 7.27. The summed E-state index contributed by atoms with van der Waals surface area (Å²) in [6.45, 7) is 0. The first kappa shape index (κ1) is 28.8. The van der Waals surface area contributed by atoms with E-state index in [1.807, 2.05) is 47.7 Å². The Kier molecular flexibility index (Phi) is 5.90. The Morgan fingerprint density at radius 1 is 0.472 bits per heavy atom. The second-order valence-corrected chi connectivity index (χ2v) is 14.7. The monoisotopic (exact) mass is 693 g/mol. The Bertz CT molecular complexity index is 3460. The molecule has 0 saturated heterocycles. The summed E-state index contributed by atoms with van der Waals surface area (Å²) in [4.78, 5) is 10.5. The standard InChI is InChI=1S/C48H27N3OS/c1-2-14-29(15-3-1)42-43(49-44-36-22-9-11-24-39(36)52-48(44)50-42)30-16-12-17-31(27-30)51-38-23-10-8-21-35(38)40-41-37-26-25-28-13-4-5-18-32(28)46(37)53-47(41)34-20-7-6-19-33(34)45(40)51/h1-27H. The summed E-state index contributed by atoms with van der Waals surface area (Å²) < 4.78 is 11.4. The number of hydrogen-bond acceptors (Lipinski definition) is 4. The van der Waals surface area contributed by atoms with Crippen LogP contribution in [0.15, 0.2) is 168 Å². The maximum atomic E-state index is 6.23. The fourth-order valence-electron chi connectivity index (χ4n) is 8.48. The molecule has 4 nitrogen and oxygen atoms in total. The van der Waals surface area contributed by atoms with Crippen molar-refractivity contribution in [3.05, 3.63) is 164 Å². The van der Waals surface area contributed by atoms with Crippen LogP contribution in [-0.4, -0.2) is 14.5 Å². The van der Waals surface area contributed by atoms with Gasteiger partial charge in [-0.05, 0) is 41.1 Å². The van der Waals surface area contributed by atoms with Crippen molar-refractivity contribution in [2.75, 3.05) is 0 Å². The molecular weight excluding hydrogens is 667 g/mol. The maximum absolute atomic E-state index is 6.23. The largest absolute Gasteiger partial charge is 0.436 e. The minimum Gasteiger partial charge on any atom is -0.436 e. The van der Waals surface area contributed by atoms with E-state index in [4.69, 9.17) is 14.4 Å². The lowest BCUT2D eigenvalue weighted by Gasteiger charge is -2.13. The Hall–Kier alpha value is -6.82. The molecule has 4 aromatic heterocycles. The number of rotatable bonds is 3. The molecule has 0 saturated carbocycles. The lowest BCUT2D eigenvalue weighted by atomic mass is 9.98.